The number of carbonyl (C=O) groups is 1. The molecule has 3 rings (SSSR count). The second-order valence-corrected chi connectivity index (χ2v) is 6.70. The summed E-state index contributed by atoms with van der Waals surface area (Å²) in [7, 11) is 4.05. The first-order valence-electron chi connectivity index (χ1n) is 8.24. The van der Waals surface area contributed by atoms with Crippen LogP contribution in [0.4, 0.5) is 0 Å². The molecule has 3 nitrogen and oxygen atoms in total. The summed E-state index contributed by atoms with van der Waals surface area (Å²) in [6.45, 7) is 0.520. The molecule has 0 aliphatic carbocycles. The van der Waals surface area contributed by atoms with Gasteiger partial charge < -0.3 is 10.2 Å². The molecule has 0 radical (unpaired) electrons. The van der Waals surface area contributed by atoms with Crippen molar-refractivity contribution in [2.45, 2.75) is 6.04 Å². The Morgan fingerprint density at radius 2 is 1.76 bits per heavy atom. The number of carbonyl (C=O) groups excluding carboxylic acids is 1. The van der Waals surface area contributed by atoms with Gasteiger partial charge in [-0.25, -0.2) is 0 Å². The SMILES string of the molecule is CN(C)[C@H](CNC(=O)c1cccc(Cl)c1)c1cccc2ccccc12. The molecule has 0 fully saturated rings. The smallest absolute Gasteiger partial charge is 0.251 e. The predicted molar refractivity (Wildman–Crippen MR) is 104 cm³/mol. The van der Waals surface area contributed by atoms with Crippen molar-refractivity contribution in [2.24, 2.45) is 0 Å². The summed E-state index contributed by atoms with van der Waals surface area (Å²) < 4.78 is 0. The highest BCUT2D eigenvalue weighted by Gasteiger charge is 2.18. The number of nitrogens with one attached hydrogen (secondary N) is 1. The molecular weight excluding hydrogens is 332 g/mol. The molecule has 3 aromatic carbocycles. The van der Waals surface area contributed by atoms with Gasteiger partial charge in [-0.3, -0.25) is 4.79 Å². The molecule has 0 spiro atoms. The fourth-order valence-electron chi connectivity index (χ4n) is 3.03. The maximum atomic E-state index is 12.4. The number of amides is 1. The maximum Gasteiger partial charge on any atom is 0.251 e. The fourth-order valence-corrected chi connectivity index (χ4v) is 3.22. The number of hydrogen-bond donors (Lipinski definition) is 1. The highest BCUT2D eigenvalue weighted by Crippen LogP contribution is 2.26. The molecule has 0 aromatic heterocycles. The molecule has 25 heavy (non-hydrogen) atoms. The minimum absolute atomic E-state index is 0.0780. The summed E-state index contributed by atoms with van der Waals surface area (Å²) in [5, 5.41) is 6.00. The molecule has 0 heterocycles. The lowest BCUT2D eigenvalue weighted by Gasteiger charge is -2.26. The molecule has 0 aliphatic rings. The number of halogens is 1. The average Bonchev–Trinajstić information content (AvgIpc) is 2.61. The first-order valence-corrected chi connectivity index (χ1v) is 8.62. The van der Waals surface area contributed by atoms with Crippen molar-refractivity contribution in [1.82, 2.24) is 10.2 Å². The lowest BCUT2D eigenvalue weighted by atomic mass is 9.98. The summed E-state index contributed by atoms with van der Waals surface area (Å²) >= 11 is 5.98. The van der Waals surface area contributed by atoms with Crippen molar-refractivity contribution in [1.29, 1.82) is 0 Å². The quantitative estimate of drug-likeness (QED) is 0.731. The molecule has 1 N–H and O–H groups in total. The number of benzene rings is 3. The van der Waals surface area contributed by atoms with Gasteiger partial charge in [-0.2, -0.15) is 0 Å². The Balaban J connectivity index is 1.83. The van der Waals surface area contributed by atoms with Gasteiger partial charge in [0.2, 0.25) is 0 Å². The summed E-state index contributed by atoms with van der Waals surface area (Å²) in [5.74, 6) is -0.116. The Kier molecular flexibility index (Phi) is 5.37. The Morgan fingerprint density at radius 1 is 1.04 bits per heavy atom. The zero-order valence-corrected chi connectivity index (χ0v) is 15.1. The highest BCUT2D eigenvalue weighted by atomic mass is 35.5. The summed E-state index contributed by atoms with van der Waals surface area (Å²) in [6, 6.07) is 21.7. The lowest BCUT2D eigenvalue weighted by Crippen LogP contribution is -2.34. The minimum atomic E-state index is -0.116. The number of rotatable bonds is 5. The largest absolute Gasteiger partial charge is 0.350 e. The van der Waals surface area contributed by atoms with E-state index in [2.05, 4.69) is 40.5 Å². The summed E-state index contributed by atoms with van der Waals surface area (Å²) in [4.78, 5) is 14.6. The van der Waals surface area contributed by atoms with Gasteiger partial charge in [0, 0.05) is 17.1 Å². The van der Waals surface area contributed by atoms with Crippen molar-refractivity contribution in [3.63, 3.8) is 0 Å². The Morgan fingerprint density at radius 3 is 2.52 bits per heavy atom. The third-order valence-corrected chi connectivity index (χ3v) is 4.58. The van der Waals surface area contributed by atoms with Crippen LogP contribution in [0.1, 0.15) is 22.0 Å². The van der Waals surface area contributed by atoms with Crippen molar-refractivity contribution in [2.75, 3.05) is 20.6 Å². The average molecular weight is 353 g/mol. The van der Waals surface area contributed by atoms with Crippen LogP contribution in [-0.2, 0) is 0 Å². The van der Waals surface area contributed by atoms with Crippen LogP contribution < -0.4 is 5.32 Å². The second kappa shape index (κ2) is 7.68. The Hall–Kier alpha value is -2.36. The van der Waals surface area contributed by atoms with E-state index in [0.29, 0.717) is 17.1 Å². The van der Waals surface area contributed by atoms with E-state index < -0.39 is 0 Å². The van der Waals surface area contributed by atoms with Crippen LogP contribution in [0.5, 0.6) is 0 Å². The van der Waals surface area contributed by atoms with E-state index >= 15 is 0 Å². The van der Waals surface area contributed by atoms with Gasteiger partial charge in [0.15, 0.2) is 0 Å². The fraction of sp³-hybridized carbons (Fsp3) is 0.190. The monoisotopic (exact) mass is 352 g/mol. The molecule has 1 amide bonds. The van der Waals surface area contributed by atoms with Crippen LogP contribution in [-0.4, -0.2) is 31.4 Å². The van der Waals surface area contributed by atoms with Gasteiger partial charge in [-0.05, 0) is 48.6 Å². The molecule has 3 aromatic rings. The topological polar surface area (TPSA) is 32.3 Å². The Labute approximate surface area is 153 Å². The first kappa shape index (κ1) is 17.5. The number of fused-ring (bicyclic) bond motifs is 1. The minimum Gasteiger partial charge on any atom is -0.350 e. The van der Waals surface area contributed by atoms with Crippen LogP contribution >= 0.6 is 11.6 Å². The van der Waals surface area contributed by atoms with E-state index in [-0.39, 0.29) is 11.9 Å². The maximum absolute atomic E-state index is 12.4. The molecule has 0 bridgehead atoms. The molecular formula is C21H21ClN2O. The van der Waals surface area contributed by atoms with Crippen LogP contribution in [0.15, 0.2) is 66.7 Å². The normalized spacial score (nSPS) is 12.3. The zero-order chi connectivity index (χ0) is 17.8. The molecule has 0 aliphatic heterocycles. The molecule has 0 unspecified atom stereocenters. The van der Waals surface area contributed by atoms with E-state index in [0.717, 1.165) is 0 Å². The predicted octanol–water partition coefficient (Wildman–Crippen LogP) is 4.53. The van der Waals surface area contributed by atoms with Crippen LogP contribution in [0.25, 0.3) is 10.8 Å². The van der Waals surface area contributed by atoms with Gasteiger partial charge in [0.25, 0.3) is 5.91 Å². The van der Waals surface area contributed by atoms with Crippen molar-refractivity contribution < 1.29 is 4.79 Å². The summed E-state index contributed by atoms with van der Waals surface area (Å²) in [6.07, 6.45) is 0. The number of likely N-dealkylation sites (N-methyl/N-ethyl adjacent to an activating group) is 1. The zero-order valence-electron chi connectivity index (χ0n) is 14.4. The van der Waals surface area contributed by atoms with Crippen molar-refractivity contribution in [3.05, 3.63) is 82.9 Å². The Bertz CT molecular complexity index is 886. The number of nitrogens with zero attached hydrogens (tertiary/aromatic N) is 1. The van der Waals surface area contributed by atoms with Gasteiger partial charge in [0.05, 0.1) is 6.04 Å². The van der Waals surface area contributed by atoms with Gasteiger partial charge in [-0.1, -0.05) is 60.1 Å². The van der Waals surface area contributed by atoms with Gasteiger partial charge in [-0.15, -0.1) is 0 Å². The van der Waals surface area contributed by atoms with Crippen molar-refractivity contribution in [3.8, 4) is 0 Å². The highest BCUT2D eigenvalue weighted by molar-refractivity contribution is 6.30. The van der Waals surface area contributed by atoms with Crippen molar-refractivity contribution >= 4 is 28.3 Å². The molecule has 0 saturated carbocycles. The number of hydrogen-bond acceptors (Lipinski definition) is 2. The van der Waals surface area contributed by atoms with Crippen LogP contribution in [0.2, 0.25) is 5.02 Å². The van der Waals surface area contributed by atoms with E-state index in [1.54, 1.807) is 24.3 Å². The van der Waals surface area contributed by atoms with Gasteiger partial charge in [0.1, 0.15) is 0 Å². The first-order chi connectivity index (χ1) is 12.1. The second-order valence-electron chi connectivity index (χ2n) is 6.27. The standard InChI is InChI=1S/C21H21ClN2O/c1-24(2)20(14-23-21(25)16-9-5-10-17(22)13-16)19-12-6-8-15-7-3-4-11-18(15)19/h3-13,20H,14H2,1-2H3,(H,23,25)/t20-/m1/s1. The lowest BCUT2D eigenvalue weighted by molar-refractivity contribution is 0.0942. The molecule has 0 saturated heterocycles. The van der Waals surface area contributed by atoms with Gasteiger partial charge >= 0.3 is 0 Å². The van der Waals surface area contributed by atoms with E-state index in [4.69, 9.17) is 11.6 Å². The third-order valence-electron chi connectivity index (χ3n) is 4.35. The van der Waals surface area contributed by atoms with E-state index in [9.17, 15) is 4.79 Å². The summed E-state index contributed by atoms with van der Waals surface area (Å²) in [5.41, 5.74) is 1.78. The molecule has 1 atom stereocenters. The molecule has 4 heteroatoms. The molecule has 128 valence electrons. The van der Waals surface area contributed by atoms with E-state index in [1.165, 1.54) is 16.3 Å². The van der Waals surface area contributed by atoms with Crippen LogP contribution in [0.3, 0.4) is 0 Å². The van der Waals surface area contributed by atoms with E-state index in [1.807, 2.05) is 26.2 Å². The third kappa shape index (κ3) is 4.01. The van der Waals surface area contributed by atoms with Crippen LogP contribution in [0, 0.1) is 0 Å².